The van der Waals surface area contributed by atoms with E-state index in [4.69, 9.17) is 20.5 Å². The molecule has 2 heterocycles. The largest absolute Gasteiger partial charge is 0.493 e. The van der Waals surface area contributed by atoms with Crippen LogP contribution in [0.1, 0.15) is 37.8 Å². The van der Waals surface area contributed by atoms with Crippen LogP contribution in [0.3, 0.4) is 0 Å². The molecular weight excluding hydrogens is 448 g/mol. The van der Waals surface area contributed by atoms with E-state index in [2.05, 4.69) is 36.1 Å². The summed E-state index contributed by atoms with van der Waals surface area (Å²) in [6.07, 6.45) is 3.43. The van der Waals surface area contributed by atoms with E-state index in [-0.39, 0.29) is 17.4 Å². The molecule has 0 amide bonds. The molecule has 30 heavy (non-hydrogen) atoms. The number of hydrogen-bond donors (Lipinski definition) is 2. The van der Waals surface area contributed by atoms with Crippen molar-refractivity contribution >= 4 is 27.7 Å². The molecule has 3 rings (SSSR count). The average molecular weight is 475 g/mol. The Hall–Kier alpha value is -2.57. The minimum atomic E-state index is 0.197. The maximum atomic E-state index is 9.16. The van der Waals surface area contributed by atoms with E-state index in [9.17, 15) is 0 Å². The molecule has 9 heteroatoms. The maximum Gasteiger partial charge on any atom is 0.227 e. The van der Waals surface area contributed by atoms with Crippen molar-refractivity contribution in [2.45, 2.75) is 39.3 Å². The molecule has 1 fully saturated rings. The highest BCUT2D eigenvalue weighted by Gasteiger charge is 2.25. The zero-order valence-electron chi connectivity index (χ0n) is 17.3. The number of nitrogens with zero attached hydrogens (tertiary/aromatic N) is 4. The molecule has 1 saturated heterocycles. The highest BCUT2D eigenvalue weighted by Crippen LogP contribution is 2.37. The molecule has 1 aliphatic rings. The number of aromatic nitrogens is 2. The fraction of sp³-hybridized carbons (Fsp3) is 0.476. The van der Waals surface area contributed by atoms with Gasteiger partial charge in [0.15, 0.2) is 0 Å². The van der Waals surface area contributed by atoms with Crippen LogP contribution in [0, 0.1) is 11.3 Å². The van der Waals surface area contributed by atoms with Crippen LogP contribution in [0.5, 0.6) is 11.5 Å². The Labute approximate surface area is 185 Å². The van der Waals surface area contributed by atoms with Crippen molar-refractivity contribution in [2.24, 2.45) is 0 Å². The summed E-state index contributed by atoms with van der Waals surface area (Å²) in [6.45, 7) is 7.46. The number of anilines is 2. The van der Waals surface area contributed by atoms with Crippen molar-refractivity contribution < 1.29 is 9.47 Å². The maximum absolute atomic E-state index is 9.16. The minimum absolute atomic E-state index is 0.197. The van der Waals surface area contributed by atoms with Gasteiger partial charge in [-0.15, -0.1) is 0 Å². The summed E-state index contributed by atoms with van der Waals surface area (Å²) in [5, 5.41) is 12.5. The van der Waals surface area contributed by atoms with Crippen LogP contribution >= 0.6 is 15.9 Å². The molecule has 1 aliphatic heterocycles. The van der Waals surface area contributed by atoms with Crippen LogP contribution in [0.2, 0.25) is 0 Å². The minimum Gasteiger partial charge on any atom is -0.493 e. The first-order valence-corrected chi connectivity index (χ1v) is 10.9. The van der Waals surface area contributed by atoms with Crippen molar-refractivity contribution in [3.05, 3.63) is 33.9 Å². The Morgan fingerprint density at radius 1 is 1.23 bits per heavy atom. The third kappa shape index (κ3) is 5.12. The van der Waals surface area contributed by atoms with Gasteiger partial charge in [0.25, 0.3) is 0 Å². The van der Waals surface area contributed by atoms with Crippen LogP contribution in [-0.2, 0) is 6.54 Å². The van der Waals surface area contributed by atoms with Crippen molar-refractivity contribution in [1.82, 2.24) is 15.3 Å². The molecule has 2 aromatic rings. The number of nitriles is 1. The van der Waals surface area contributed by atoms with Gasteiger partial charge in [-0.05, 0) is 73.4 Å². The summed E-state index contributed by atoms with van der Waals surface area (Å²) in [5.74, 6) is 2.20. The van der Waals surface area contributed by atoms with E-state index in [0.29, 0.717) is 25.7 Å². The molecule has 0 spiro atoms. The first-order valence-electron chi connectivity index (χ1n) is 10.1. The van der Waals surface area contributed by atoms with E-state index in [1.165, 1.54) is 6.20 Å². The van der Waals surface area contributed by atoms with Crippen molar-refractivity contribution in [3.8, 4) is 17.6 Å². The fourth-order valence-corrected chi connectivity index (χ4v) is 3.98. The summed E-state index contributed by atoms with van der Waals surface area (Å²) < 4.78 is 12.4. The lowest BCUT2D eigenvalue weighted by Crippen LogP contribution is -2.43. The van der Waals surface area contributed by atoms with Gasteiger partial charge >= 0.3 is 0 Å². The number of nitrogens with two attached hydrogens (primary N) is 1. The lowest BCUT2D eigenvalue weighted by atomic mass is 10.0. The quantitative estimate of drug-likeness (QED) is 0.599. The number of nitrogens with one attached hydrogen (secondary N) is 1. The molecule has 0 unspecified atom stereocenters. The number of rotatable bonds is 8. The van der Waals surface area contributed by atoms with E-state index >= 15 is 0 Å². The number of ether oxygens (including phenoxy) is 2. The van der Waals surface area contributed by atoms with E-state index < -0.39 is 0 Å². The van der Waals surface area contributed by atoms with Crippen LogP contribution in [0.4, 0.5) is 11.8 Å². The van der Waals surface area contributed by atoms with E-state index in [0.717, 1.165) is 47.5 Å². The first-order chi connectivity index (χ1) is 14.6. The van der Waals surface area contributed by atoms with Gasteiger partial charge in [-0.25, -0.2) is 4.98 Å². The number of hydrogen-bond acceptors (Lipinski definition) is 8. The molecule has 8 nitrogen and oxygen atoms in total. The standard InChI is InChI=1S/C21H27BrN6O2/c1-3-29-17-9-14(10-18(19(17)22)30-4-2)13-28(16-5-7-25-8-6-16)21-26-12-15(11-23)20(24)27-21/h9-10,12,16,25H,3-8,13H2,1-2H3,(H2,24,26,27). The molecule has 0 bridgehead atoms. The topological polar surface area (TPSA) is 109 Å². The highest BCUT2D eigenvalue weighted by atomic mass is 79.9. The Morgan fingerprint density at radius 3 is 2.40 bits per heavy atom. The smallest absolute Gasteiger partial charge is 0.227 e. The second-order valence-corrected chi connectivity index (χ2v) is 7.75. The summed E-state index contributed by atoms with van der Waals surface area (Å²) in [7, 11) is 0. The third-order valence-corrected chi connectivity index (χ3v) is 5.73. The number of benzene rings is 1. The van der Waals surface area contributed by atoms with Crippen molar-refractivity contribution in [2.75, 3.05) is 36.9 Å². The van der Waals surface area contributed by atoms with Crippen molar-refractivity contribution in [1.29, 1.82) is 5.26 Å². The SMILES string of the molecule is CCOc1cc(CN(c2ncc(C#N)c(N)n2)C2CCNCC2)cc(OCC)c1Br. The third-order valence-electron chi connectivity index (χ3n) is 4.95. The predicted octanol–water partition coefficient (Wildman–Crippen LogP) is 3.25. The molecule has 0 aliphatic carbocycles. The Morgan fingerprint density at radius 2 is 1.87 bits per heavy atom. The first kappa shape index (κ1) is 22.1. The lowest BCUT2D eigenvalue weighted by Gasteiger charge is -2.35. The Bertz CT molecular complexity index is 884. The van der Waals surface area contributed by atoms with E-state index in [1.807, 2.05) is 32.0 Å². The highest BCUT2D eigenvalue weighted by molar-refractivity contribution is 9.10. The van der Waals surface area contributed by atoms with Gasteiger partial charge in [0.1, 0.15) is 33.4 Å². The van der Waals surface area contributed by atoms with Gasteiger partial charge in [-0.1, -0.05) is 0 Å². The van der Waals surface area contributed by atoms with Gasteiger partial charge in [-0.2, -0.15) is 10.2 Å². The molecular formula is C21H27BrN6O2. The van der Waals surface area contributed by atoms with Gasteiger partial charge in [-0.3, -0.25) is 0 Å². The second kappa shape index (κ2) is 10.5. The van der Waals surface area contributed by atoms with Crippen LogP contribution in [0.25, 0.3) is 0 Å². The molecule has 0 radical (unpaired) electrons. The summed E-state index contributed by atoms with van der Waals surface area (Å²) in [5.41, 5.74) is 7.29. The summed E-state index contributed by atoms with van der Waals surface area (Å²) in [4.78, 5) is 11.0. The number of piperidine rings is 1. The molecule has 3 N–H and O–H groups in total. The van der Waals surface area contributed by atoms with Crippen molar-refractivity contribution in [3.63, 3.8) is 0 Å². The normalized spacial score (nSPS) is 14.2. The zero-order chi connectivity index (χ0) is 21.5. The number of halogens is 1. The monoisotopic (exact) mass is 474 g/mol. The van der Waals surface area contributed by atoms with Gasteiger partial charge in [0.05, 0.1) is 19.4 Å². The van der Waals surface area contributed by atoms with Crippen LogP contribution in [0.15, 0.2) is 22.8 Å². The van der Waals surface area contributed by atoms with Gasteiger partial charge < -0.3 is 25.4 Å². The Kier molecular flexibility index (Phi) is 7.71. The Balaban J connectivity index is 1.98. The molecule has 0 atom stereocenters. The van der Waals surface area contributed by atoms with Gasteiger partial charge in [0.2, 0.25) is 5.95 Å². The summed E-state index contributed by atoms with van der Waals surface area (Å²) in [6, 6.07) is 6.30. The molecule has 1 aromatic heterocycles. The zero-order valence-corrected chi connectivity index (χ0v) is 18.9. The molecule has 0 saturated carbocycles. The van der Waals surface area contributed by atoms with E-state index in [1.54, 1.807) is 0 Å². The lowest BCUT2D eigenvalue weighted by molar-refractivity contribution is 0.318. The molecule has 1 aromatic carbocycles. The second-order valence-electron chi connectivity index (χ2n) is 6.96. The average Bonchev–Trinajstić information content (AvgIpc) is 2.76. The van der Waals surface area contributed by atoms with Gasteiger partial charge in [0, 0.05) is 12.6 Å². The summed E-state index contributed by atoms with van der Waals surface area (Å²) >= 11 is 3.59. The van der Waals surface area contributed by atoms with Crippen LogP contribution in [-0.4, -0.2) is 42.3 Å². The fourth-order valence-electron chi connectivity index (χ4n) is 3.53. The number of nitrogen functional groups attached to an aromatic ring is 1. The predicted molar refractivity (Wildman–Crippen MR) is 120 cm³/mol. The van der Waals surface area contributed by atoms with Crippen LogP contribution < -0.4 is 25.4 Å². The molecule has 160 valence electrons.